The highest BCUT2D eigenvalue weighted by Gasteiger charge is 2.30. The lowest BCUT2D eigenvalue weighted by molar-refractivity contribution is -0.128. The molecular formula is C15H20N2O3S. The molecule has 2 rings (SSSR count). The summed E-state index contributed by atoms with van der Waals surface area (Å²) < 4.78 is 4.98. The van der Waals surface area contributed by atoms with Gasteiger partial charge in [0, 0.05) is 37.1 Å². The Balaban J connectivity index is 1.89. The molecule has 114 valence electrons. The van der Waals surface area contributed by atoms with Crippen LogP contribution in [0.2, 0.25) is 0 Å². The smallest absolute Gasteiger partial charge is 0.251 e. The summed E-state index contributed by atoms with van der Waals surface area (Å²) in [6.45, 7) is 1.64. The Hall–Kier alpha value is -1.53. The number of benzene rings is 1. The molecule has 0 bridgehead atoms. The van der Waals surface area contributed by atoms with Crippen LogP contribution >= 0.6 is 11.8 Å². The Morgan fingerprint density at radius 1 is 1.43 bits per heavy atom. The number of amides is 2. The molecule has 21 heavy (non-hydrogen) atoms. The normalized spacial score (nSPS) is 18.1. The highest BCUT2D eigenvalue weighted by atomic mass is 32.2. The van der Waals surface area contributed by atoms with Crippen LogP contribution in [0.3, 0.4) is 0 Å². The standard InChI is InChI=1S/C15H20N2O3S/c1-20-8-7-17-10-12(9-14(17)18)16-15(19)11-3-5-13(21-2)6-4-11/h3-6,12H,7-10H2,1-2H3,(H,16,19)/t12-/m1/s1. The Bertz CT molecular complexity index is 504. The molecule has 5 nitrogen and oxygen atoms in total. The van der Waals surface area contributed by atoms with Crippen molar-refractivity contribution in [1.82, 2.24) is 10.2 Å². The molecular weight excluding hydrogens is 288 g/mol. The van der Waals surface area contributed by atoms with Crippen LogP contribution in [-0.4, -0.2) is 55.8 Å². The molecule has 1 atom stereocenters. The van der Waals surface area contributed by atoms with E-state index in [9.17, 15) is 9.59 Å². The second-order valence-electron chi connectivity index (χ2n) is 4.94. The fourth-order valence-corrected chi connectivity index (χ4v) is 2.71. The summed E-state index contributed by atoms with van der Waals surface area (Å²) in [6, 6.07) is 7.33. The van der Waals surface area contributed by atoms with Crippen molar-refractivity contribution in [2.45, 2.75) is 17.4 Å². The first-order chi connectivity index (χ1) is 10.1. The molecule has 1 aromatic carbocycles. The Morgan fingerprint density at radius 2 is 2.14 bits per heavy atom. The summed E-state index contributed by atoms with van der Waals surface area (Å²) in [7, 11) is 1.61. The van der Waals surface area contributed by atoms with Gasteiger partial charge in [0.2, 0.25) is 5.91 Å². The molecule has 1 aliphatic rings. The predicted octanol–water partition coefficient (Wildman–Crippen LogP) is 1.39. The van der Waals surface area contributed by atoms with Crippen molar-refractivity contribution in [2.24, 2.45) is 0 Å². The molecule has 1 fully saturated rings. The van der Waals surface area contributed by atoms with Crippen molar-refractivity contribution in [3.63, 3.8) is 0 Å². The van der Waals surface area contributed by atoms with Crippen LogP contribution in [-0.2, 0) is 9.53 Å². The van der Waals surface area contributed by atoms with Gasteiger partial charge in [0.15, 0.2) is 0 Å². The first kappa shape index (κ1) is 15.9. The van der Waals surface area contributed by atoms with Crippen LogP contribution < -0.4 is 5.32 Å². The number of rotatable bonds is 6. The Kier molecular flexibility index (Phi) is 5.64. The van der Waals surface area contributed by atoms with E-state index in [2.05, 4.69) is 5.32 Å². The lowest BCUT2D eigenvalue weighted by atomic mass is 10.2. The minimum Gasteiger partial charge on any atom is -0.383 e. The molecule has 1 N–H and O–H groups in total. The number of methoxy groups -OCH3 is 1. The monoisotopic (exact) mass is 308 g/mol. The van der Waals surface area contributed by atoms with Crippen molar-refractivity contribution in [3.8, 4) is 0 Å². The Labute approximate surface area is 129 Å². The van der Waals surface area contributed by atoms with Crippen molar-refractivity contribution in [3.05, 3.63) is 29.8 Å². The Morgan fingerprint density at radius 3 is 2.76 bits per heavy atom. The molecule has 1 saturated heterocycles. The number of hydrogen-bond acceptors (Lipinski definition) is 4. The minimum atomic E-state index is -0.131. The quantitative estimate of drug-likeness (QED) is 0.807. The van der Waals surface area contributed by atoms with Crippen LogP contribution in [0.4, 0.5) is 0 Å². The number of nitrogens with one attached hydrogen (secondary N) is 1. The SMILES string of the molecule is COCCN1C[C@H](NC(=O)c2ccc(SC)cc2)CC1=O. The van der Waals surface area contributed by atoms with Gasteiger partial charge in [-0.25, -0.2) is 0 Å². The second kappa shape index (κ2) is 7.47. The van der Waals surface area contributed by atoms with E-state index in [4.69, 9.17) is 4.74 Å². The van der Waals surface area contributed by atoms with Gasteiger partial charge in [-0.15, -0.1) is 11.8 Å². The zero-order valence-electron chi connectivity index (χ0n) is 12.3. The number of carbonyl (C=O) groups excluding carboxylic acids is 2. The molecule has 0 unspecified atom stereocenters. The maximum absolute atomic E-state index is 12.2. The van der Waals surface area contributed by atoms with E-state index >= 15 is 0 Å². The molecule has 0 aromatic heterocycles. The predicted molar refractivity (Wildman–Crippen MR) is 82.6 cm³/mol. The fraction of sp³-hybridized carbons (Fsp3) is 0.467. The third-order valence-electron chi connectivity index (χ3n) is 3.47. The summed E-state index contributed by atoms with van der Waals surface area (Å²) in [4.78, 5) is 26.8. The van der Waals surface area contributed by atoms with E-state index in [1.807, 2.05) is 18.4 Å². The summed E-state index contributed by atoms with van der Waals surface area (Å²) in [5, 5.41) is 2.92. The average molecular weight is 308 g/mol. The van der Waals surface area contributed by atoms with Gasteiger partial charge in [-0.2, -0.15) is 0 Å². The number of hydrogen-bond donors (Lipinski definition) is 1. The van der Waals surface area contributed by atoms with E-state index in [-0.39, 0.29) is 17.9 Å². The fourth-order valence-electron chi connectivity index (χ4n) is 2.30. The maximum atomic E-state index is 12.2. The van der Waals surface area contributed by atoms with Crippen LogP contribution in [0.25, 0.3) is 0 Å². The van der Waals surface area contributed by atoms with Gasteiger partial charge < -0.3 is 15.0 Å². The topological polar surface area (TPSA) is 58.6 Å². The van der Waals surface area contributed by atoms with E-state index in [0.29, 0.717) is 31.7 Å². The number of carbonyl (C=O) groups is 2. The van der Waals surface area contributed by atoms with Crippen LogP contribution in [0.15, 0.2) is 29.2 Å². The average Bonchev–Trinajstić information content (AvgIpc) is 2.84. The zero-order valence-corrected chi connectivity index (χ0v) is 13.1. The first-order valence-electron chi connectivity index (χ1n) is 6.85. The highest BCUT2D eigenvalue weighted by Crippen LogP contribution is 2.16. The van der Waals surface area contributed by atoms with Crippen LogP contribution in [0, 0.1) is 0 Å². The number of nitrogens with zero attached hydrogens (tertiary/aromatic N) is 1. The molecule has 0 aliphatic carbocycles. The molecule has 1 aliphatic heterocycles. The van der Waals surface area contributed by atoms with Gasteiger partial charge in [0.25, 0.3) is 5.91 Å². The van der Waals surface area contributed by atoms with Crippen LogP contribution in [0.5, 0.6) is 0 Å². The minimum absolute atomic E-state index is 0.0649. The second-order valence-corrected chi connectivity index (χ2v) is 5.82. The van der Waals surface area contributed by atoms with Gasteiger partial charge in [-0.05, 0) is 30.5 Å². The number of thioether (sulfide) groups is 1. The summed E-state index contributed by atoms with van der Waals surface area (Å²) in [6.07, 6.45) is 2.35. The largest absolute Gasteiger partial charge is 0.383 e. The van der Waals surface area contributed by atoms with Crippen molar-refractivity contribution >= 4 is 23.6 Å². The van der Waals surface area contributed by atoms with E-state index in [1.165, 1.54) is 0 Å². The molecule has 0 radical (unpaired) electrons. The highest BCUT2D eigenvalue weighted by molar-refractivity contribution is 7.98. The molecule has 6 heteroatoms. The van der Waals surface area contributed by atoms with Gasteiger partial charge in [-0.3, -0.25) is 9.59 Å². The van der Waals surface area contributed by atoms with E-state index in [0.717, 1.165) is 4.90 Å². The summed E-state index contributed by atoms with van der Waals surface area (Å²) in [5.74, 6) is -0.0656. The van der Waals surface area contributed by atoms with Gasteiger partial charge in [0.05, 0.1) is 12.6 Å². The molecule has 1 aromatic rings. The van der Waals surface area contributed by atoms with E-state index in [1.54, 1.807) is 35.9 Å². The lowest BCUT2D eigenvalue weighted by Gasteiger charge is -2.16. The van der Waals surface area contributed by atoms with Gasteiger partial charge >= 0.3 is 0 Å². The van der Waals surface area contributed by atoms with Crippen molar-refractivity contribution in [2.75, 3.05) is 33.1 Å². The number of ether oxygens (including phenoxy) is 1. The first-order valence-corrected chi connectivity index (χ1v) is 8.08. The van der Waals surface area contributed by atoms with Gasteiger partial charge in [-0.1, -0.05) is 0 Å². The zero-order chi connectivity index (χ0) is 15.2. The van der Waals surface area contributed by atoms with Crippen molar-refractivity contribution in [1.29, 1.82) is 0 Å². The molecule has 1 heterocycles. The molecule has 2 amide bonds. The van der Waals surface area contributed by atoms with E-state index < -0.39 is 0 Å². The summed E-state index contributed by atoms with van der Waals surface area (Å²) in [5.41, 5.74) is 0.621. The van der Waals surface area contributed by atoms with Gasteiger partial charge in [0.1, 0.15) is 0 Å². The third-order valence-corrected chi connectivity index (χ3v) is 4.21. The summed E-state index contributed by atoms with van der Waals surface area (Å²) >= 11 is 1.64. The third kappa shape index (κ3) is 4.22. The lowest BCUT2D eigenvalue weighted by Crippen LogP contribution is -2.37. The van der Waals surface area contributed by atoms with Crippen LogP contribution in [0.1, 0.15) is 16.8 Å². The molecule has 0 spiro atoms. The molecule has 0 saturated carbocycles. The van der Waals surface area contributed by atoms with Crippen molar-refractivity contribution < 1.29 is 14.3 Å². The number of likely N-dealkylation sites (tertiary alicyclic amines) is 1. The maximum Gasteiger partial charge on any atom is 0.251 e.